The van der Waals surface area contributed by atoms with Crippen molar-refractivity contribution < 1.29 is 22.9 Å². The van der Waals surface area contributed by atoms with Gasteiger partial charge in [0.15, 0.2) is 0 Å². The third kappa shape index (κ3) is 5.97. The molecule has 0 atom stereocenters. The van der Waals surface area contributed by atoms with Crippen molar-refractivity contribution in [2.24, 2.45) is 0 Å². The van der Waals surface area contributed by atoms with Gasteiger partial charge in [-0.2, -0.15) is 0 Å². The summed E-state index contributed by atoms with van der Waals surface area (Å²) in [6.45, 7) is 0.228. The maximum Gasteiger partial charge on any atom is 0.530 e. The van der Waals surface area contributed by atoms with E-state index in [0.717, 1.165) is 11.1 Å². The smallest absolute Gasteiger partial charge is 0.497 e. The number of phosphoric acid groups is 1. The molecule has 0 radical (unpaired) electrons. The lowest BCUT2D eigenvalue weighted by Gasteiger charge is -2.19. The third-order valence-corrected chi connectivity index (χ3v) is 5.07. The van der Waals surface area contributed by atoms with E-state index in [1.807, 2.05) is 60.7 Å². The number of benzene rings is 3. The summed E-state index contributed by atoms with van der Waals surface area (Å²) in [5.41, 5.74) is 1.75. The minimum atomic E-state index is -3.84. The Labute approximate surface area is 159 Å². The molecule has 0 spiro atoms. The zero-order valence-electron chi connectivity index (χ0n) is 15.0. The zero-order valence-corrected chi connectivity index (χ0v) is 15.9. The molecule has 3 rings (SSSR count). The van der Waals surface area contributed by atoms with Crippen LogP contribution >= 0.6 is 7.82 Å². The Balaban J connectivity index is 1.72. The van der Waals surface area contributed by atoms with Gasteiger partial charge in [-0.3, -0.25) is 9.05 Å². The molecule has 0 aliphatic rings. The molecular formula is C21H21O5P. The molecule has 0 N–H and O–H groups in total. The van der Waals surface area contributed by atoms with Gasteiger partial charge in [0, 0.05) is 0 Å². The monoisotopic (exact) mass is 384 g/mol. The number of methoxy groups -OCH3 is 1. The van der Waals surface area contributed by atoms with Gasteiger partial charge in [0.05, 0.1) is 20.3 Å². The summed E-state index contributed by atoms with van der Waals surface area (Å²) in [5.74, 6) is 1.05. The average Bonchev–Trinajstić information content (AvgIpc) is 2.73. The lowest BCUT2D eigenvalue weighted by molar-refractivity contribution is 0.143. The van der Waals surface area contributed by atoms with E-state index in [0.29, 0.717) is 11.5 Å². The van der Waals surface area contributed by atoms with Crippen LogP contribution in [0.5, 0.6) is 11.5 Å². The first-order valence-corrected chi connectivity index (χ1v) is 9.93. The number of phosphoric ester groups is 1. The van der Waals surface area contributed by atoms with E-state index in [1.54, 1.807) is 31.4 Å². The van der Waals surface area contributed by atoms with Crippen LogP contribution in [-0.2, 0) is 26.8 Å². The van der Waals surface area contributed by atoms with Gasteiger partial charge < -0.3 is 9.26 Å². The van der Waals surface area contributed by atoms with Gasteiger partial charge in [0.1, 0.15) is 11.5 Å². The van der Waals surface area contributed by atoms with E-state index in [9.17, 15) is 4.57 Å². The zero-order chi connectivity index (χ0) is 19.0. The van der Waals surface area contributed by atoms with Crippen molar-refractivity contribution in [2.45, 2.75) is 13.2 Å². The number of hydrogen-bond acceptors (Lipinski definition) is 5. The normalized spacial score (nSPS) is 11.1. The average molecular weight is 384 g/mol. The third-order valence-electron chi connectivity index (χ3n) is 3.74. The van der Waals surface area contributed by atoms with Crippen LogP contribution in [0.2, 0.25) is 0 Å². The van der Waals surface area contributed by atoms with Gasteiger partial charge in [-0.05, 0) is 35.4 Å². The molecule has 6 heteroatoms. The Morgan fingerprint density at radius 3 is 1.56 bits per heavy atom. The van der Waals surface area contributed by atoms with Gasteiger partial charge in [0.25, 0.3) is 0 Å². The summed E-state index contributed by atoms with van der Waals surface area (Å²) in [4.78, 5) is 0. The standard InChI is InChI=1S/C21H21O5P/c1-23-20-12-14-21(15-13-20)26-27(22,24-16-18-8-4-2-5-9-18)25-17-19-10-6-3-7-11-19/h2-15H,16-17H2,1H3. The second-order valence-corrected chi connectivity index (χ2v) is 7.33. The molecule has 27 heavy (non-hydrogen) atoms. The van der Waals surface area contributed by atoms with Crippen molar-refractivity contribution in [3.8, 4) is 11.5 Å². The summed E-state index contributed by atoms with van der Waals surface area (Å²) in [5, 5.41) is 0. The second kappa shape index (κ2) is 9.38. The first-order chi connectivity index (χ1) is 13.2. The highest BCUT2D eigenvalue weighted by molar-refractivity contribution is 7.48. The van der Waals surface area contributed by atoms with Gasteiger partial charge >= 0.3 is 7.82 Å². The molecule has 0 heterocycles. The van der Waals surface area contributed by atoms with Crippen LogP contribution in [0.4, 0.5) is 0 Å². The molecule has 0 saturated carbocycles. The lowest BCUT2D eigenvalue weighted by atomic mass is 10.2. The fraction of sp³-hybridized carbons (Fsp3) is 0.143. The summed E-state index contributed by atoms with van der Waals surface area (Å²) < 4.78 is 35.1. The molecule has 3 aromatic carbocycles. The number of hydrogen-bond donors (Lipinski definition) is 0. The Bertz CT molecular complexity index is 819. The lowest BCUT2D eigenvalue weighted by Crippen LogP contribution is -2.03. The highest BCUT2D eigenvalue weighted by Crippen LogP contribution is 2.51. The quantitative estimate of drug-likeness (QED) is 0.449. The largest absolute Gasteiger partial charge is 0.530 e. The topological polar surface area (TPSA) is 54.0 Å². The maximum atomic E-state index is 13.2. The summed E-state index contributed by atoms with van der Waals surface area (Å²) in [6, 6.07) is 25.6. The molecular weight excluding hydrogens is 363 g/mol. The first kappa shape index (κ1) is 19.2. The maximum absolute atomic E-state index is 13.2. The van der Waals surface area contributed by atoms with Gasteiger partial charge in [-0.1, -0.05) is 60.7 Å². The molecule has 0 amide bonds. The van der Waals surface area contributed by atoms with E-state index < -0.39 is 7.82 Å². The Morgan fingerprint density at radius 1 is 0.667 bits per heavy atom. The van der Waals surface area contributed by atoms with Crippen LogP contribution < -0.4 is 9.26 Å². The van der Waals surface area contributed by atoms with Crippen molar-refractivity contribution in [2.75, 3.05) is 7.11 Å². The Morgan fingerprint density at radius 2 is 1.11 bits per heavy atom. The second-order valence-electron chi connectivity index (χ2n) is 5.73. The Hall–Kier alpha value is -2.59. The number of ether oxygens (including phenoxy) is 1. The van der Waals surface area contributed by atoms with Crippen LogP contribution in [-0.4, -0.2) is 7.11 Å². The minimum Gasteiger partial charge on any atom is -0.497 e. The van der Waals surface area contributed by atoms with Crippen LogP contribution in [0.1, 0.15) is 11.1 Å². The summed E-state index contributed by atoms with van der Waals surface area (Å²) >= 11 is 0. The van der Waals surface area contributed by atoms with Crippen LogP contribution in [0, 0.1) is 0 Å². The molecule has 0 aliphatic carbocycles. The fourth-order valence-corrected chi connectivity index (χ4v) is 3.49. The van der Waals surface area contributed by atoms with Crippen molar-refractivity contribution in [1.29, 1.82) is 0 Å². The van der Waals surface area contributed by atoms with E-state index in [-0.39, 0.29) is 13.2 Å². The summed E-state index contributed by atoms with van der Waals surface area (Å²) in [6.07, 6.45) is 0. The molecule has 0 aromatic heterocycles. The molecule has 140 valence electrons. The fourth-order valence-electron chi connectivity index (χ4n) is 2.31. The van der Waals surface area contributed by atoms with Crippen LogP contribution in [0.25, 0.3) is 0 Å². The Kier molecular flexibility index (Phi) is 6.66. The van der Waals surface area contributed by atoms with E-state index >= 15 is 0 Å². The van der Waals surface area contributed by atoms with Crippen molar-refractivity contribution in [3.05, 3.63) is 96.1 Å². The highest BCUT2D eigenvalue weighted by Gasteiger charge is 2.29. The molecule has 0 aliphatic heterocycles. The van der Waals surface area contributed by atoms with Crippen LogP contribution in [0.15, 0.2) is 84.9 Å². The molecule has 3 aromatic rings. The molecule has 0 fully saturated rings. The minimum absolute atomic E-state index is 0.114. The predicted molar refractivity (Wildman–Crippen MR) is 104 cm³/mol. The number of rotatable bonds is 9. The molecule has 0 saturated heterocycles. The SMILES string of the molecule is COc1ccc(OP(=O)(OCc2ccccc2)OCc2ccccc2)cc1. The van der Waals surface area contributed by atoms with E-state index in [2.05, 4.69) is 0 Å². The highest BCUT2D eigenvalue weighted by atomic mass is 31.2. The van der Waals surface area contributed by atoms with Crippen LogP contribution in [0.3, 0.4) is 0 Å². The van der Waals surface area contributed by atoms with Crippen molar-refractivity contribution >= 4 is 7.82 Å². The molecule has 5 nitrogen and oxygen atoms in total. The van der Waals surface area contributed by atoms with E-state index in [4.69, 9.17) is 18.3 Å². The molecule has 0 unspecified atom stereocenters. The van der Waals surface area contributed by atoms with Gasteiger partial charge in [0.2, 0.25) is 0 Å². The first-order valence-electron chi connectivity index (χ1n) is 8.47. The van der Waals surface area contributed by atoms with Crippen molar-refractivity contribution in [3.63, 3.8) is 0 Å². The summed E-state index contributed by atoms with van der Waals surface area (Å²) in [7, 11) is -2.26. The van der Waals surface area contributed by atoms with Crippen molar-refractivity contribution in [1.82, 2.24) is 0 Å². The molecule has 0 bridgehead atoms. The van der Waals surface area contributed by atoms with Gasteiger partial charge in [-0.25, -0.2) is 4.57 Å². The van der Waals surface area contributed by atoms with Gasteiger partial charge in [-0.15, -0.1) is 0 Å². The van der Waals surface area contributed by atoms with E-state index in [1.165, 1.54) is 0 Å². The predicted octanol–water partition coefficient (Wildman–Crippen LogP) is 5.62.